The van der Waals surface area contributed by atoms with Crippen molar-refractivity contribution in [2.45, 2.75) is 0 Å². The van der Waals surface area contributed by atoms with Crippen molar-refractivity contribution in [2.75, 3.05) is 0 Å². The highest BCUT2D eigenvalue weighted by Gasteiger charge is 2.21. The average molecular weight is 682 g/mol. The number of para-hydroxylation sites is 1. The van der Waals surface area contributed by atoms with Gasteiger partial charge in [-0.2, -0.15) is 0 Å². The standard InChI is InChI=1S/C47H27N3OS/c1-3-12-29(13-4-1)42-38(26-25-37-36-24-21-30-20-19-28-11-7-8-16-33(28)41(30)43(36)52-44(37)42)47-49-45(31-14-5-2-6-15-31)48-46(50-47)32-22-23-35-34-17-9-10-18-39(34)51-40(35)27-32/h1-27H. The Morgan fingerprint density at radius 2 is 0.981 bits per heavy atom. The molecule has 0 unspecified atom stereocenters. The minimum atomic E-state index is 0.596. The van der Waals surface area contributed by atoms with E-state index in [2.05, 4.69) is 109 Å². The van der Waals surface area contributed by atoms with Crippen LogP contribution in [0.5, 0.6) is 0 Å². The lowest BCUT2D eigenvalue weighted by Crippen LogP contribution is -2.01. The van der Waals surface area contributed by atoms with E-state index in [-0.39, 0.29) is 0 Å². The topological polar surface area (TPSA) is 51.8 Å². The Morgan fingerprint density at radius 1 is 0.385 bits per heavy atom. The molecule has 11 rings (SSSR count). The van der Waals surface area contributed by atoms with Gasteiger partial charge in [-0.3, -0.25) is 0 Å². The third-order valence-corrected chi connectivity index (χ3v) is 11.4. The predicted molar refractivity (Wildman–Crippen MR) is 217 cm³/mol. The fourth-order valence-corrected chi connectivity index (χ4v) is 9.11. The van der Waals surface area contributed by atoms with Crippen LogP contribution in [0.4, 0.5) is 0 Å². The highest BCUT2D eigenvalue weighted by atomic mass is 32.1. The number of rotatable bonds is 4. The number of fused-ring (bicyclic) bond motifs is 10. The summed E-state index contributed by atoms with van der Waals surface area (Å²) in [7, 11) is 0. The van der Waals surface area contributed by atoms with Crippen molar-refractivity contribution in [1.82, 2.24) is 15.0 Å². The van der Waals surface area contributed by atoms with Gasteiger partial charge in [0.2, 0.25) is 0 Å². The van der Waals surface area contributed by atoms with Crippen molar-refractivity contribution in [3.05, 3.63) is 164 Å². The summed E-state index contributed by atoms with van der Waals surface area (Å²) in [6, 6.07) is 57.3. The molecule has 0 saturated heterocycles. The summed E-state index contributed by atoms with van der Waals surface area (Å²) >= 11 is 1.86. The summed E-state index contributed by atoms with van der Waals surface area (Å²) in [5, 5.41) is 9.71. The van der Waals surface area contributed by atoms with Crippen molar-refractivity contribution >= 4 is 75.0 Å². The van der Waals surface area contributed by atoms with E-state index in [9.17, 15) is 0 Å². The van der Waals surface area contributed by atoms with Gasteiger partial charge in [0.25, 0.3) is 0 Å². The highest BCUT2D eigenvalue weighted by Crippen LogP contribution is 2.47. The van der Waals surface area contributed by atoms with Crippen LogP contribution in [0.25, 0.3) is 109 Å². The van der Waals surface area contributed by atoms with Crippen molar-refractivity contribution in [3.8, 4) is 45.3 Å². The Balaban J connectivity index is 1.20. The van der Waals surface area contributed by atoms with Crippen LogP contribution in [-0.2, 0) is 0 Å². The molecular formula is C47H27N3OS. The molecule has 0 N–H and O–H groups in total. The maximum atomic E-state index is 6.29. The van der Waals surface area contributed by atoms with Crippen molar-refractivity contribution in [2.24, 2.45) is 0 Å². The quantitative estimate of drug-likeness (QED) is 0.174. The van der Waals surface area contributed by atoms with Crippen LogP contribution in [0.3, 0.4) is 0 Å². The molecule has 0 spiro atoms. The molecule has 0 saturated carbocycles. The van der Waals surface area contributed by atoms with Crippen LogP contribution in [0.2, 0.25) is 0 Å². The molecule has 0 aliphatic heterocycles. The second-order valence-corrected chi connectivity index (χ2v) is 14.2. The Bertz CT molecular complexity index is 3180. The summed E-state index contributed by atoms with van der Waals surface area (Å²) in [6.45, 7) is 0. The van der Waals surface area contributed by atoms with Gasteiger partial charge in [0.05, 0.1) is 0 Å². The lowest BCUT2D eigenvalue weighted by atomic mass is 9.95. The van der Waals surface area contributed by atoms with Gasteiger partial charge in [-0.25, -0.2) is 15.0 Å². The number of benzene rings is 8. The highest BCUT2D eigenvalue weighted by molar-refractivity contribution is 7.27. The Morgan fingerprint density at radius 3 is 1.83 bits per heavy atom. The van der Waals surface area contributed by atoms with Gasteiger partial charge < -0.3 is 4.42 Å². The van der Waals surface area contributed by atoms with E-state index in [1.54, 1.807) is 0 Å². The van der Waals surface area contributed by atoms with E-state index in [0.29, 0.717) is 17.5 Å². The number of thiophene rings is 1. The van der Waals surface area contributed by atoms with Gasteiger partial charge in [0, 0.05) is 58.6 Å². The van der Waals surface area contributed by atoms with E-state index in [1.165, 1.54) is 41.7 Å². The first-order valence-electron chi connectivity index (χ1n) is 17.4. The monoisotopic (exact) mass is 681 g/mol. The fourth-order valence-electron chi connectivity index (χ4n) is 7.67. The first kappa shape index (κ1) is 29.1. The van der Waals surface area contributed by atoms with Crippen LogP contribution in [0, 0.1) is 0 Å². The molecule has 0 atom stereocenters. The molecule has 3 heterocycles. The fraction of sp³-hybridized carbons (Fsp3) is 0. The van der Waals surface area contributed by atoms with E-state index in [0.717, 1.165) is 49.8 Å². The molecule has 3 aromatic heterocycles. The van der Waals surface area contributed by atoms with E-state index in [4.69, 9.17) is 19.4 Å². The summed E-state index contributed by atoms with van der Waals surface area (Å²) in [6.07, 6.45) is 0. The molecule has 242 valence electrons. The van der Waals surface area contributed by atoms with Gasteiger partial charge in [-0.1, -0.05) is 140 Å². The third-order valence-electron chi connectivity index (χ3n) is 10.1. The number of hydrogen-bond donors (Lipinski definition) is 0. The molecule has 5 heteroatoms. The minimum absolute atomic E-state index is 0.596. The number of nitrogens with zero attached hydrogens (tertiary/aromatic N) is 3. The lowest BCUT2D eigenvalue weighted by molar-refractivity contribution is 0.669. The van der Waals surface area contributed by atoms with Gasteiger partial charge in [-0.05, 0) is 46.0 Å². The van der Waals surface area contributed by atoms with Crippen LogP contribution < -0.4 is 0 Å². The molecule has 11 aromatic rings. The molecule has 0 aliphatic rings. The van der Waals surface area contributed by atoms with Crippen LogP contribution in [0.15, 0.2) is 168 Å². The molecule has 52 heavy (non-hydrogen) atoms. The molecule has 0 fully saturated rings. The molecule has 0 radical (unpaired) electrons. The van der Waals surface area contributed by atoms with E-state index >= 15 is 0 Å². The minimum Gasteiger partial charge on any atom is -0.456 e. The molecule has 0 aliphatic carbocycles. The normalized spacial score (nSPS) is 11.8. The Labute approximate surface area is 302 Å². The second kappa shape index (κ2) is 11.4. The number of hydrogen-bond acceptors (Lipinski definition) is 5. The smallest absolute Gasteiger partial charge is 0.164 e. The molecule has 0 bridgehead atoms. The summed E-state index contributed by atoms with van der Waals surface area (Å²) in [4.78, 5) is 15.5. The van der Waals surface area contributed by atoms with Crippen LogP contribution >= 0.6 is 11.3 Å². The maximum absolute atomic E-state index is 6.29. The van der Waals surface area contributed by atoms with Gasteiger partial charge in [0.15, 0.2) is 17.5 Å². The number of furan rings is 1. The second-order valence-electron chi connectivity index (χ2n) is 13.1. The molecule has 0 amide bonds. The van der Waals surface area contributed by atoms with E-state index < -0.39 is 0 Å². The largest absolute Gasteiger partial charge is 0.456 e. The zero-order valence-electron chi connectivity index (χ0n) is 27.7. The molecular weight excluding hydrogens is 655 g/mol. The van der Waals surface area contributed by atoms with Crippen LogP contribution in [0.1, 0.15) is 0 Å². The summed E-state index contributed by atoms with van der Waals surface area (Å²) in [5.74, 6) is 1.85. The molecule has 8 aromatic carbocycles. The SMILES string of the molecule is c1ccc(-c2nc(-c3ccc4c(c3)oc3ccccc34)nc(-c3ccc4c(sc5c4ccc4ccc6ccccc6c45)c3-c3ccccc3)n2)cc1. The van der Waals surface area contributed by atoms with Crippen LogP contribution in [-0.4, -0.2) is 15.0 Å². The van der Waals surface area contributed by atoms with E-state index in [1.807, 2.05) is 65.9 Å². The van der Waals surface area contributed by atoms with Crippen molar-refractivity contribution < 1.29 is 4.42 Å². The van der Waals surface area contributed by atoms with Crippen molar-refractivity contribution in [1.29, 1.82) is 0 Å². The zero-order valence-corrected chi connectivity index (χ0v) is 28.6. The van der Waals surface area contributed by atoms with Gasteiger partial charge in [0.1, 0.15) is 11.2 Å². The maximum Gasteiger partial charge on any atom is 0.164 e. The van der Waals surface area contributed by atoms with Crippen molar-refractivity contribution in [3.63, 3.8) is 0 Å². The average Bonchev–Trinajstić information content (AvgIpc) is 3.79. The first-order chi connectivity index (χ1) is 25.8. The predicted octanol–water partition coefficient (Wildman–Crippen LogP) is 13.1. The molecule has 4 nitrogen and oxygen atoms in total. The lowest BCUT2D eigenvalue weighted by Gasteiger charge is -2.13. The Kier molecular flexibility index (Phi) is 6.39. The summed E-state index contributed by atoms with van der Waals surface area (Å²) in [5.41, 5.74) is 6.67. The van der Waals surface area contributed by atoms with Gasteiger partial charge >= 0.3 is 0 Å². The number of aromatic nitrogens is 3. The van der Waals surface area contributed by atoms with Gasteiger partial charge in [-0.15, -0.1) is 11.3 Å². The Hall–Kier alpha value is -6.69. The zero-order chi connectivity index (χ0) is 34.2. The third kappa shape index (κ3) is 4.50. The summed E-state index contributed by atoms with van der Waals surface area (Å²) < 4.78 is 8.79. The first-order valence-corrected chi connectivity index (χ1v) is 18.2.